The lowest BCUT2D eigenvalue weighted by Crippen LogP contribution is -2.36. The Morgan fingerprint density at radius 2 is 0.587 bits per heavy atom. The summed E-state index contributed by atoms with van der Waals surface area (Å²) in [4.78, 5) is 14.4. The molecule has 680 valence electrons. The Balaban J connectivity index is 0.000000140. The zero-order valence-corrected chi connectivity index (χ0v) is 79.3. The molecule has 12 nitrogen and oxygen atoms in total. The van der Waals surface area contributed by atoms with Crippen molar-refractivity contribution in [2.75, 3.05) is 0 Å². The van der Waals surface area contributed by atoms with Gasteiger partial charge in [0.15, 0.2) is 45.5 Å². The number of fused-ring (bicyclic) bond motifs is 12. The lowest BCUT2D eigenvalue weighted by Gasteiger charge is -2.22. The Bertz CT molecular complexity index is 10500. The summed E-state index contributed by atoms with van der Waals surface area (Å²) in [6.07, 6.45) is 4.87. The lowest BCUT2D eigenvalue weighted by molar-refractivity contribution is -0.667. The first kappa shape index (κ1) is 59.3. The van der Waals surface area contributed by atoms with Gasteiger partial charge in [0.2, 0.25) is 22.8 Å². The molecule has 0 bridgehead atoms. The quantitative estimate of drug-likeness (QED) is 0.0954. The van der Waals surface area contributed by atoms with E-state index in [9.17, 15) is 6.85 Å². The van der Waals surface area contributed by atoms with Gasteiger partial charge in [-0.1, -0.05) is 271 Å². The van der Waals surface area contributed by atoms with Crippen LogP contribution in [-0.2, 0) is 34.6 Å². The minimum absolute atomic E-state index is 0.0294. The highest BCUT2D eigenvalue weighted by Gasteiger charge is 2.34. The maximum Gasteiger partial charge on any atom is 0.216 e. The molecule has 12 heteroatoms. The zero-order valence-electron chi connectivity index (χ0n) is 113. The molecule has 0 N–H and O–H groups in total. The molecule has 12 aromatic carbocycles. The molecule has 22 rings (SSSR count). The molecule has 20 aromatic rings. The average molecular weight is 1840 g/mol. The van der Waals surface area contributed by atoms with Crippen LogP contribution >= 0.6 is 0 Å². The standard InChI is InChI=1S/C33H31N2O.C32H29N2O.C32H31N2O.C29H25N2O/c1-21-15-16-26-27-17-18-28(34-3)31(24-13-9-6-10-14-24)33(27)36-32(26)30(21)29-20-25(19-22(2)35(29)4)23-11-7-5-8-12-23;1-20-14-15-25-26-16-17-27(33-3)30(23-12-6-5-7-13-23)32(26)35-31(25)29(20)28-19-24(18-21(2)34(28)4)22-10-8-9-11-22;1-20-13-14-24-25-15-16-26(33-6)29(23-11-9-8-10-12-23)31(25)35-30(24)28(20)27-18-22(19-32(3,4)5)17-21(2)34(27)7;1-17-12-13-22-23-14-15-24(30-5)27(21-10-8-7-9-11-21)29(23)32-28(22)26(17)25-16-18(2)19(3)20(4)31(25)6/h6,9-10,13-20,23H,5,7-8,11-12H2,1-2,4H3;5-7,12-19,22H,8-11H2,1-2,4H3;8-18H,19H2,1-5,7H3;7-16H,1-4,6H3/q4*+1/i6D,9D,10D,13D,14D,19D,20D,23D;5D,6D,7D,12D,13D,18D,19D,22D;8D,9D,10D,11D,12D,17D,18D,19D2;3D3,7D,8D,9D,10D,11D,16D. The summed E-state index contributed by atoms with van der Waals surface area (Å²) >= 11 is 0. The predicted molar refractivity (Wildman–Crippen MR) is 566 cm³/mol. The van der Waals surface area contributed by atoms with Crippen molar-refractivity contribution in [1.82, 2.24) is 0 Å². The molecule has 2 aliphatic carbocycles. The van der Waals surface area contributed by atoms with E-state index in [1.54, 1.807) is 124 Å². The second-order valence-electron chi connectivity index (χ2n) is 36.1. The first-order valence-corrected chi connectivity index (χ1v) is 45.4. The van der Waals surface area contributed by atoms with Crippen LogP contribution in [0.1, 0.15) is 210 Å². The van der Waals surface area contributed by atoms with Crippen LogP contribution in [0.2, 0.25) is 0 Å². The molecule has 0 radical (unpaired) electrons. The van der Waals surface area contributed by atoms with Crippen LogP contribution in [0, 0.1) is 101 Å². The van der Waals surface area contributed by atoms with Gasteiger partial charge < -0.3 is 17.7 Å². The Hall–Kier alpha value is -15.6. The Labute approximate surface area is 857 Å². The minimum atomic E-state index is -2.41. The van der Waals surface area contributed by atoms with Crippen LogP contribution in [-0.4, -0.2) is 0 Å². The molecule has 0 atom stereocenters. The normalized spacial score (nSPS) is 17.1. The van der Waals surface area contributed by atoms with Crippen LogP contribution in [0.15, 0.2) is 278 Å². The van der Waals surface area contributed by atoms with Crippen LogP contribution in [0.4, 0.5) is 22.7 Å². The van der Waals surface area contributed by atoms with Crippen molar-refractivity contribution in [3.63, 3.8) is 0 Å². The maximum atomic E-state index is 9.44. The molecule has 0 unspecified atom stereocenters. The van der Waals surface area contributed by atoms with Crippen molar-refractivity contribution in [1.29, 1.82) is 0 Å². The molecular weight excluding hydrogens is 1690 g/mol. The van der Waals surface area contributed by atoms with Gasteiger partial charge in [-0.15, -0.1) is 0 Å². The summed E-state index contributed by atoms with van der Waals surface area (Å²) in [5, 5.41) is 4.91. The van der Waals surface area contributed by atoms with E-state index in [-0.39, 0.29) is 143 Å². The molecule has 0 aliphatic heterocycles. The second-order valence-corrected chi connectivity index (χ2v) is 36.1. The maximum absolute atomic E-state index is 9.44. The lowest BCUT2D eigenvalue weighted by atomic mass is 9.83. The van der Waals surface area contributed by atoms with E-state index in [4.69, 9.17) is 83.7 Å². The predicted octanol–water partition coefficient (Wildman–Crippen LogP) is 33.6. The van der Waals surface area contributed by atoms with Gasteiger partial charge in [0.25, 0.3) is 0 Å². The number of furan rings is 4. The minimum Gasteiger partial charge on any atom is -0.456 e. The van der Waals surface area contributed by atoms with E-state index in [1.807, 2.05) is 90.1 Å². The van der Waals surface area contributed by atoms with Gasteiger partial charge in [0.1, 0.15) is 72.9 Å². The molecule has 2 aliphatic rings. The van der Waals surface area contributed by atoms with E-state index in [0.717, 1.165) is 54.4 Å². The third-order valence-corrected chi connectivity index (χ3v) is 26.3. The first-order valence-electron chi connectivity index (χ1n) is 62.4. The fourth-order valence-electron chi connectivity index (χ4n) is 18.9. The molecule has 2 saturated carbocycles. The van der Waals surface area contributed by atoms with E-state index in [2.05, 4.69) is 19.4 Å². The Morgan fingerprint density at radius 1 is 0.326 bits per heavy atom. The second kappa shape index (κ2) is 37.6. The fourth-order valence-corrected chi connectivity index (χ4v) is 18.9. The van der Waals surface area contributed by atoms with E-state index in [0.29, 0.717) is 176 Å². The molecule has 0 amide bonds. The van der Waals surface area contributed by atoms with Crippen molar-refractivity contribution >= 4 is 111 Å². The zero-order chi connectivity index (χ0) is 126. The summed E-state index contributed by atoms with van der Waals surface area (Å²) in [5.74, 6) is -2.05. The van der Waals surface area contributed by atoms with Gasteiger partial charge in [-0.2, -0.15) is 18.3 Å². The van der Waals surface area contributed by atoms with Crippen LogP contribution in [0.25, 0.3) is 197 Å². The highest BCUT2D eigenvalue weighted by Crippen LogP contribution is 2.52. The highest BCUT2D eigenvalue weighted by molar-refractivity contribution is 6.19. The number of nitrogens with zero attached hydrogens (tertiary/aromatic N) is 8. The van der Waals surface area contributed by atoms with Gasteiger partial charge in [-0.25, -0.2) is 19.4 Å². The van der Waals surface area contributed by atoms with Gasteiger partial charge >= 0.3 is 0 Å². The molecule has 8 aromatic heterocycles. The molecule has 0 spiro atoms. The summed E-state index contributed by atoms with van der Waals surface area (Å²) in [6.45, 7) is 50.2. The van der Waals surface area contributed by atoms with Crippen molar-refractivity contribution in [2.24, 2.45) is 33.6 Å². The summed E-state index contributed by atoms with van der Waals surface area (Å²) < 4.78 is 324. The molecular formula is C126H116N8O4+4. The van der Waals surface area contributed by atoms with Crippen molar-refractivity contribution in [3.05, 3.63) is 379 Å². The average Bonchev–Trinajstić information content (AvgIpc) is 0.947. The summed E-state index contributed by atoms with van der Waals surface area (Å²) in [5.41, 5.74) is 12.3. The summed E-state index contributed by atoms with van der Waals surface area (Å²) in [7, 11) is 7.02. The highest BCUT2D eigenvalue weighted by atomic mass is 16.3. The number of rotatable bonds is 11. The van der Waals surface area contributed by atoms with Crippen LogP contribution in [0.5, 0.6) is 0 Å². The van der Waals surface area contributed by atoms with Crippen molar-refractivity contribution in [2.45, 2.75) is 166 Å². The number of hydrogen-bond donors (Lipinski definition) is 0. The van der Waals surface area contributed by atoms with E-state index >= 15 is 0 Å². The monoisotopic (exact) mass is 1840 g/mol. The SMILES string of the molecule is [2H]c1c([2H])c([2H])c(-c2c([N+]#[C-])ccc3c2oc2c(-c4c([2H])c(C([2H])([2H])C(C)(C)C)c([2H])c(C)[n+]4C)c(C)ccc23)c([2H])c1[2H].[2H]c1c([2H])c([2H])c(-c2c([N+]#[C-])ccc3c2oc2c(-c4c([2H])c(C)c(C([2H])([2H])[2H])c(C)[n+]4C)c(C)ccc23)c([2H])c1[2H].[2H]c1c([2H])c([2H])c(-c2c([N+]#[C-])ccc3c2oc2c(-c4c([2H])c(C5([2H])CCCC5)c([2H])c(C)[n+]4C)c(C)ccc23)c([2H])c1[2H].[2H]c1c([2H])c([2H])c(-c2c([N+]#[C-])ccc3c2oc2c(-c4c([2H])c(C5([2H])CCCCC5)c([2H])c(C)[n+]4C)c(C)ccc23)c([2H])c1[2H]. The molecule has 0 saturated heterocycles. The number of benzene rings is 12. The van der Waals surface area contributed by atoms with E-state index < -0.39 is 151 Å². The number of hydrogen-bond acceptors (Lipinski definition) is 4. The van der Waals surface area contributed by atoms with Gasteiger partial charge in [0, 0.05) is 150 Å². The van der Waals surface area contributed by atoms with Crippen LogP contribution < -0.4 is 18.3 Å². The van der Waals surface area contributed by atoms with Gasteiger partial charge in [-0.05, 0) is 157 Å². The number of aryl methyl sites for hydroxylation is 4. The van der Waals surface area contributed by atoms with E-state index in [1.165, 1.54) is 12.1 Å². The molecule has 2 fully saturated rings. The van der Waals surface area contributed by atoms with Gasteiger partial charge in [0.05, 0.1) is 85.6 Å². The summed E-state index contributed by atoms with van der Waals surface area (Å²) in [6, 6.07) is 18.7. The third kappa shape index (κ3) is 16.7. The van der Waals surface area contributed by atoms with Gasteiger partial charge in [-0.3, -0.25) is 0 Å². The van der Waals surface area contributed by atoms with Crippen LogP contribution in [0.3, 0.4) is 0 Å². The first-order chi connectivity index (χ1) is 80.7. The molecule has 8 heterocycles. The molecule has 138 heavy (non-hydrogen) atoms. The Kier molecular flexibility index (Phi) is 16.2. The fraction of sp³-hybridized carbons (Fsp3) is 0.238. The largest absolute Gasteiger partial charge is 0.456 e. The van der Waals surface area contributed by atoms with Crippen molar-refractivity contribution in [3.8, 4) is 89.5 Å². The number of pyridine rings is 4. The number of aromatic nitrogens is 4. The Morgan fingerprint density at radius 3 is 0.870 bits per heavy atom. The topological polar surface area (TPSA) is 85.5 Å². The smallest absolute Gasteiger partial charge is 0.216 e. The third-order valence-electron chi connectivity index (χ3n) is 26.3. The van der Waals surface area contributed by atoms with Crippen molar-refractivity contribution < 1.29 is 82.5 Å².